The minimum absolute atomic E-state index is 0.315. The van der Waals surface area contributed by atoms with E-state index in [-0.39, 0.29) is 0 Å². The van der Waals surface area contributed by atoms with Crippen molar-refractivity contribution in [3.05, 3.63) is 90.3 Å². The predicted molar refractivity (Wildman–Crippen MR) is 131 cm³/mol. The minimum Gasteiger partial charge on any atom is -0.496 e. The SMILES string of the molecule is COCCn1c(COc2ccccc2-c2ccccc2)nnc1SCc1ccccc1OC. The summed E-state index contributed by atoms with van der Waals surface area (Å²) < 4.78 is 19.1. The van der Waals surface area contributed by atoms with Gasteiger partial charge in [0.2, 0.25) is 0 Å². The topological polar surface area (TPSA) is 58.4 Å². The van der Waals surface area contributed by atoms with Crippen molar-refractivity contribution in [1.82, 2.24) is 14.8 Å². The van der Waals surface area contributed by atoms with Crippen LogP contribution in [0, 0.1) is 0 Å². The van der Waals surface area contributed by atoms with Gasteiger partial charge in [0.15, 0.2) is 11.0 Å². The molecule has 0 aliphatic rings. The van der Waals surface area contributed by atoms with E-state index >= 15 is 0 Å². The molecule has 0 radical (unpaired) electrons. The van der Waals surface area contributed by atoms with E-state index in [1.165, 1.54) is 0 Å². The van der Waals surface area contributed by atoms with E-state index in [1.807, 2.05) is 54.6 Å². The van der Waals surface area contributed by atoms with Gasteiger partial charge in [-0.3, -0.25) is 0 Å². The number of thioether (sulfide) groups is 1. The second-order valence-electron chi connectivity index (χ2n) is 7.29. The number of methoxy groups -OCH3 is 2. The fourth-order valence-electron chi connectivity index (χ4n) is 3.50. The molecule has 0 saturated carbocycles. The maximum Gasteiger partial charge on any atom is 0.191 e. The maximum atomic E-state index is 6.22. The average molecular weight is 462 g/mol. The van der Waals surface area contributed by atoms with Crippen LogP contribution in [0.1, 0.15) is 11.4 Å². The summed E-state index contributed by atoms with van der Waals surface area (Å²) in [7, 11) is 3.38. The number of hydrogen-bond donors (Lipinski definition) is 0. The molecule has 0 unspecified atom stereocenters. The van der Waals surface area contributed by atoms with Crippen LogP contribution in [0.4, 0.5) is 0 Å². The fraction of sp³-hybridized carbons (Fsp3) is 0.231. The highest BCUT2D eigenvalue weighted by molar-refractivity contribution is 7.98. The molecule has 0 amide bonds. The Morgan fingerprint density at radius 2 is 1.55 bits per heavy atom. The summed E-state index contributed by atoms with van der Waals surface area (Å²) in [6, 6.07) is 26.3. The Bertz CT molecular complexity index is 1160. The lowest BCUT2D eigenvalue weighted by molar-refractivity contribution is 0.181. The highest BCUT2D eigenvalue weighted by Gasteiger charge is 2.15. The third kappa shape index (κ3) is 5.74. The standard InChI is InChI=1S/C26H27N3O3S/c1-30-17-16-29-25(27-28-26(29)33-19-21-12-6-8-14-23(21)31-2)18-32-24-15-9-7-13-22(24)20-10-4-3-5-11-20/h3-15H,16-19H2,1-2H3. The van der Waals surface area contributed by atoms with Crippen molar-refractivity contribution >= 4 is 11.8 Å². The van der Waals surface area contributed by atoms with E-state index in [9.17, 15) is 0 Å². The van der Waals surface area contributed by atoms with E-state index < -0.39 is 0 Å². The van der Waals surface area contributed by atoms with Crippen LogP contribution in [0.25, 0.3) is 11.1 Å². The van der Waals surface area contributed by atoms with Crippen LogP contribution in [-0.2, 0) is 23.6 Å². The Kier molecular flexibility index (Phi) is 8.00. The first-order chi connectivity index (χ1) is 16.3. The van der Waals surface area contributed by atoms with Crippen molar-refractivity contribution in [2.24, 2.45) is 0 Å². The first kappa shape index (κ1) is 22.9. The monoisotopic (exact) mass is 461 g/mol. The number of hydrogen-bond acceptors (Lipinski definition) is 6. The zero-order chi connectivity index (χ0) is 22.9. The van der Waals surface area contributed by atoms with E-state index in [4.69, 9.17) is 14.2 Å². The summed E-state index contributed by atoms with van der Waals surface area (Å²) in [6.07, 6.45) is 0. The van der Waals surface area contributed by atoms with Gasteiger partial charge in [-0.1, -0.05) is 78.5 Å². The molecule has 6 nitrogen and oxygen atoms in total. The zero-order valence-corrected chi connectivity index (χ0v) is 19.6. The Balaban J connectivity index is 1.51. The number of aromatic nitrogens is 3. The average Bonchev–Trinajstić information content (AvgIpc) is 3.27. The molecule has 0 N–H and O–H groups in total. The van der Waals surface area contributed by atoms with Gasteiger partial charge in [-0.25, -0.2) is 0 Å². The van der Waals surface area contributed by atoms with Crippen molar-refractivity contribution in [3.63, 3.8) is 0 Å². The van der Waals surface area contributed by atoms with Crippen LogP contribution < -0.4 is 9.47 Å². The molecule has 4 aromatic rings. The number of para-hydroxylation sites is 2. The first-order valence-corrected chi connectivity index (χ1v) is 11.7. The van der Waals surface area contributed by atoms with Crippen LogP contribution in [0.3, 0.4) is 0 Å². The van der Waals surface area contributed by atoms with Gasteiger partial charge in [0.1, 0.15) is 18.1 Å². The molecule has 0 aliphatic heterocycles. The molecule has 33 heavy (non-hydrogen) atoms. The van der Waals surface area contributed by atoms with Gasteiger partial charge in [0, 0.05) is 30.5 Å². The summed E-state index contributed by atoms with van der Waals surface area (Å²) in [5.74, 6) is 3.17. The Labute approximate surface area is 198 Å². The molecule has 0 bridgehead atoms. The Morgan fingerprint density at radius 3 is 2.33 bits per heavy atom. The highest BCUT2D eigenvalue weighted by Crippen LogP contribution is 2.31. The van der Waals surface area contributed by atoms with Crippen molar-refractivity contribution in [2.75, 3.05) is 20.8 Å². The van der Waals surface area contributed by atoms with Crippen LogP contribution in [-0.4, -0.2) is 35.6 Å². The maximum absolute atomic E-state index is 6.22. The van der Waals surface area contributed by atoms with Gasteiger partial charge in [-0.05, 0) is 17.7 Å². The molecule has 3 aromatic carbocycles. The number of ether oxygens (including phenoxy) is 3. The Morgan fingerprint density at radius 1 is 0.818 bits per heavy atom. The molecule has 0 aliphatic carbocycles. The van der Waals surface area contributed by atoms with Crippen LogP contribution in [0.2, 0.25) is 0 Å². The van der Waals surface area contributed by atoms with Crippen molar-refractivity contribution in [1.29, 1.82) is 0 Å². The summed E-state index contributed by atoms with van der Waals surface area (Å²) in [6.45, 7) is 1.53. The lowest BCUT2D eigenvalue weighted by Crippen LogP contribution is -2.12. The molecular formula is C26H27N3O3S. The second kappa shape index (κ2) is 11.5. The third-order valence-corrected chi connectivity index (χ3v) is 6.21. The van der Waals surface area contributed by atoms with Crippen molar-refractivity contribution in [2.45, 2.75) is 24.1 Å². The molecule has 0 atom stereocenters. The number of nitrogens with zero attached hydrogens (tertiary/aromatic N) is 3. The largest absolute Gasteiger partial charge is 0.496 e. The van der Waals surface area contributed by atoms with Crippen LogP contribution >= 0.6 is 11.8 Å². The summed E-state index contributed by atoms with van der Waals surface area (Å²) in [5.41, 5.74) is 3.27. The lowest BCUT2D eigenvalue weighted by Gasteiger charge is -2.13. The molecule has 1 heterocycles. The minimum atomic E-state index is 0.315. The van der Waals surface area contributed by atoms with E-state index in [0.29, 0.717) is 19.8 Å². The molecule has 0 fully saturated rings. The van der Waals surface area contributed by atoms with Crippen molar-refractivity contribution < 1.29 is 14.2 Å². The second-order valence-corrected chi connectivity index (χ2v) is 8.24. The molecule has 7 heteroatoms. The van der Waals surface area contributed by atoms with E-state index in [1.54, 1.807) is 26.0 Å². The third-order valence-electron chi connectivity index (χ3n) is 5.19. The molecule has 4 rings (SSSR count). The zero-order valence-electron chi connectivity index (χ0n) is 18.8. The molecule has 1 aromatic heterocycles. The molecule has 0 saturated heterocycles. The summed E-state index contributed by atoms with van der Waals surface area (Å²) >= 11 is 1.62. The quantitative estimate of drug-likeness (QED) is 0.276. The molecule has 170 valence electrons. The van der Waals surface area contributed by atoms with Crippen molar-refractivity contribution in [3.8, 4) is 22.6 Å². The molecule has 0 spiro atoms. The van der Waals surface area contributed by atoms with Crippen LogP contribution in [0.15, 0.2) is 84.0 Å². The van der Waals surface area contributed by atoms with Crippen LogP contribution in [0.5, 0.6) is 11.5 Å². The highest BCUT2D eigenvalue weighted by atomic mass is 32.2. The summed E-state index contributed by atoms with van der Waals surface area (Å²) in [5, 5.41) is 9.68. The number of rotatable bonds is 11. The summed E-state index contributed by atoms with van der Waals surface area (Å²) in [4.78, 5) is 0. The van der Waals surface area contributed by atoms with Gasteiger partial charge < -0.3 is 18.8 Å². The van der Waals surface area contributed by atoms with Gasteiger partial charge in [0.25, 0.3) is 0 Å². The predicted octanol–water partition coefficient (Wildman–Crippen LogP) is 5.47. The van der Waals surface area contributed by atoms with Gasteiger partial charge >= 0.3 is 0 Å². The van der Waals surface area contributed by atoms with E-state index in [0.717, 1.165) is 44.9 Å². The number of benzene rings is 3. The van der Waals surface area contributed by atoms with Gasteiger partial charge in [-0.15, -0.1) is 10.2 Å². The molecular weight excluding hydrogens is 434 g/mol. The smallest absolute Gasteiger partial charge is 0.191 e. The van der Waals surface area contributed by atoms with Gasteiger partial charge in [-0.2, -0.15) is 0 Å². The van der Waals surface area contributed by atoms with E-state index in [2.05, 4.69) is 39.0 Å². The normalized spacial score (nSPS) is 10.8. The van der Waals surface area contributed by atoms with Gasteiger partial charge in [0.05, 0.1) is 13.7 Å². The fourth-order valence-corrected chi connectivity index (χ4v) is 4.47. The lowest BCUT2D eigenvalue weighted by atomic mass is 10.1. The Hall–Kier alpha value is -3.29. The first-order valence-electron chi connectivity index (χ1n) is 10.7.